The number of hydrogen-bond acceptors (Lipinski definition) is 7. The van der Waals surface area contributed by atoms with Crippen LogP contribution in [-0.4, -0.2) is 52.4 Å². The third-order valence-electron chi connectivity index (χ3n) is 9.39. The van der Waals surface area contributed by atoms with E-state index in [2.05, 4.69) is 6.92 Å². The summed E-state index contributed by atoms with van der Waals surface area (Å²) >= 11 is 0. The molecule has 0 radical (unpaired) electrons. The summed E-state index contributed by atoms with van der Waals surface area (Å²) in [6.07, 6.45) is 4.71. The number of hydrogen-bond donors (Lipinski definition) is 2. The molecule has 7 nitrogen and oxygen atoms in total. The fraction of sp³-hybridized carbons (Fsp3) is 0.800. The fourth-order valence-corrected chi connectivity index (χ4v) is 7.92. The average molecular weight is 449 g/mol. The van der Waals surface area contributed by atoms with Gasteiger partial charge in [-0.15, -0.1) is 0 Å². The van der Waals surface area contributed by atoms with Crippen molar-refractivity contribution < 1.29 is 34.1 Å². The first-order valence-corrected chi connectivity index (χ1v) is 11.9. The van der Waals surface area contributed by atoms with E-state index in [0.29, 0.717) is 19.3 Å². The molecule has 3 saturated carbocycles. The molecule has 0 heterocycles. The quantitative estimate of drug-likeness (QED) is 0.636. The molecule has 0 bridgehead atoms. The van der Waals surface area contributed by atoms with Gasteiger partial charge in [0.2, 0.25) is 0 Å². The highest BCUT2D eigenvalue weighted by Crippen LogP contribution is 2.68. The van der Waals surface area contributed by atoms with Crippen LogP contribution in [0, 0.1) is 28.6 Å². The number of aliphatic hydroxyl groups is 2. The predicted molar refractivity (Wildman–Crippen MR) is 115 cm³/mol. The van der Waals surface area contributed by atoms with Crippen LogP contribution in [0.5, 0.6) is 0 Å². The minimum Gasteiger partial charge on any atom is -0.462 e. The Bertz CT molecular complexity index is 849. The molecule has 178 valence electrons. The number of rotatable bonds is 4. The monoisotopic (exact) mass is 448 g/mol. The summed E-state index contributed by atoms with van der Waals surface area (Å²) < 4.78 is 10.7. The van der Waals surface area contributed by atoms with Gasteiger partial charge in [0.25, 0.3) is 0 Å². The number of esters is 2. The zero-order valence-electron chi connectivity index (χ0n) is 19.6. The first-order valence-electron chi connectivity index (χ1n) is 11.9. The van der Waals surface area contributed by atoms with Crippen LogP contribution in [0.1, 0.15) is 72.6 Å². The van der Waals surface area contributed by atoms with Crippen molar-refractivity contribution in [3.8, 4) is 0 Å². The molecule has 8 atom stereocenters. The van der Waals surface area contributed by atoms with Gasteiger partial charge < -0.3 is 19.7 Å². The van der Waals surface area contributed by atoms with Crippen molar-refractivity contribution in [1.82, 2.24) is 0 Å². The van der Waals surface area contributed by atoms with Crippen molar-refractivity contribution in [1.29, 1.82) is 0 Å². The second-order valence-electron chi connectivity index (χ2n) is 10.9. The molecule has 4 rings (SSSR count). The maximum Gasteiger partial charge on any atom is 0.303 e. The lowest BCUT2D eigenvalue weighted by atomic mass is 9.45. The highest BCUT2D eigenvalue weighted by molar-refractivity contribution is 5.91. The second kappa shape index (κ2) is 7.94. The van der Waals surface area contributed by atoms with Gasteiger partial charge in [-0.1, -0.05) is 19.4 Å². The lowest BCUT2D eigenvalue weighted by Gasteiger charge is -2.61. The Morgan fingerprint density at radius 3 is 2.53 bits per heavy atom. The molecule has 0 spiro atoms. The smallest absolute Gasteiger partial charge is 0.303 e. The summed E-state index contributed by atoms with van der Waals surface area (Å²) in [5.74, 6) is -0.468. The number of ether oxygens (including phenoxy) is 2. The molecule has 0 aromatic heterocycles. The van der Waals surface area contributed by atoms with Crippen LogP contribution in [0.15, 0.2) is 11.6 Å². The van der Waals surface area contributed by atoms with Crippen LogP contribution in [0.25, 0.3) is 0 Å². The molecule has 0 unspecified atom stereocenters. The minimum atomic E-state index is -1.40. The van der Waals surface area contributed by atoms with E-state index < -0.39 is 35.2 Å². The van der Waals surface area contributed by atoms with E-state index in [-0.39, 0.29) is 35.6 Å². The van der Waals surface area contributed by atoms with Crippen molar-refractivity contribution in [3.63, 3.8) is 0 Å². The van der Waals surface area contributed by atoms with Gasteiger partial charge in [0.1, 0.15) is 12.2 Å². The van der Waals surface area contributed by atoms with Gasteiger partial charge in [-0.25, -0.2) is 0 Å². The third kappa shape index (κ3) is 3.43. The number of aliphatic hydroxyl groups excluding tert-OH is 1. The first-order chi connectivity index (χ1) is 14.9. The third-order valence-corrected chi connectivity index (χ3v) is 9.39. The van der Waals surface area contributed by atoms with Crippen LogP contribution in [-0.2, 0) is 23.9 Å². The topological polar surface area (TPSA) is 110 Å². The lowest BCUT2D eigenvalue weighted by Crippen LogP contribution is -2.63. The second-order valence-corrected chi connectivity index (χ2v) is 10.9. The summed E-state index contributed by atoms with van der Waals surface area (Å²) in [5, 5.41) is 23.5. The van der Waals surface area contributed by atoms with Crippen molar-refractivity contribution in [2.24, 2.45) is 28.6 Å². The van der Waals surface area contributed by atoms with Gasteiger partial charge in [0.05, 0.1) is 6.10 Å². The van der Waals surface area contributed by atoms with Gasteiger partial charge in [-0.2, -0.15) is 0 Å². The summed E-state index contributed by atoms with van der Waals surface area (Å²) in [6.45, 7) is 6.55. The molecule has 2 N–H and O–H groups in total. The lowest BCUT2D eigenvalue weighted by molar-refractivity contribution is -0.220. The average Bonchev–Trinajstić information content (AvgIpc) is 2.96. The summed E-state index contributed by atoms with van der Waals surface area (Å²) in [4.78, 5) is 35.3. The molecule has 0 aromatic carbocycles. The zero-order valence-corrected chi connectivity index (χ0v) is 19.6. The van der Waals surface area contributed by atoms with Gasteiger partial charge in [0, 0.05) is 25.7 Å². The van der Waals surface area contributed by atoms with Crippen LogP contribution in [0.4, 0.5) is 0 Å². The van der Waals surface area contributed by atoms with Gasteiger partial charge in [0.15, 0.2) is 11.9 Å². The van der Waals surface area contributed by atoms with Gasteiger partial charge in [-0.3, -0.25) is 14.4 Å². The van der Waals surface area contributed by atoms with Crippen molar-refractivity contribution >= 4 is 17.7 Å². The SMILES string of the molecule is CC(=O)OC[C@@H](OC(C)=O)[C@@]1(O)CC[C@H]2[C@@H]3CCC4=CC(=O)CC[C@]4(C)[C@H]3[C@@H](O)C[C@@]21C. The molecule has 0 aromatic rings. The number of carbonyl (C=O) groups excluding carboxylic acids is 3. The molecule has 4 aliphatic rings. The van der Waals surface area contributed by atoms with Gasteiger partial charge in [-0.05, 0) is 67.8 Å². The van der Waals surface area contributed by atoms with Crippen LogP contribution >= 0.6 is 0 Å². The zero-order chi connectivity index (χ0) is 23.5. The molecule has 32 heavy (non-hydrogen) atoms. The highest BCUT2D eigenvalue weighted by atomic mass is 16.6. The summed E-state index contributed by atoms with van der Waals surface area (Å²) in [5.41, 5.74) is -1.12. The number of fused-ring (bicyclic) bond motifs is 5. The maximum atomic E-state index is 12.0. The Balaban J connectivity index is 1.67. The predicted octanol–water partition coefficient (Wildman–Crippen LogP) is 2.72. The normalized spacial score (nSPS) is 43.9. The Kier molecular flexibility index (Phi) is 5.82. The standard InChI is InChI=1S/C25H36O7/c1-14(26)31-13-21(32-15(2)27)25(30)10-8-19-18-6-5-16-11-17(28)7-9-23(16,3)22(18)20(29)12-24(19,25)4/h11,18-22,29-30H,5-10,12-13H2,1-4H3/t18-,19-,20-,21+,22+,23-,24-,25-/m0/s1. The molecule has 4 aliphatic carbocycles. The first kappa shape index (κ1) is 23.4. The minimum absolute atomic E-state index is 0.0386. The molecule has 0 saturated heterocycles. The molecule has 0 amide bonds. The Hall–Kier alpha value is -1.73. The van der Waals surface area contributed by atoms with Crippen molar-refractivity contribution in [3.05, 3.63) is 11.6 Å². The van der Waals surface area contributed by atoms with Crippen LogP contribution < -0.4 is 0 Å². The number of allylic oxidation sites excluding steroid dienone is 1. The van der Waals surface area contributed by atoms with Crippen LogP contribution in [0.3, 0.4) is 0 Å². The van der Waals surface area contributed by atoms with Crippen molar-refractivity contribution in [2.75, 3.05) is 6.61 Å². The maximum absolute atomic E-state index is 12.0. The molecule has 0 aliphatic heterocycles. The van der Waals surface area contributed by atoms with E-state index in [9.17, 15) is 24.6 Å². The van der Waals surface area contributed by atoms with Crippen LogP contribution in [0.2, 0.25) is 0 Å². The molecule has 3 fully saturated rings. The largest absolute Gasteiger partial charge is 0.462 e. The van der Waals surface area contributed by atoms with Crippen molar-refractivity contribution in [2.45, 2.75) is 90.4 Å². The summed E-state index contributed by atoms with van der Waals surface area (Å²) in [6, 6.07) is 0. The van der Waals surface area contributed by atoms with E-state index in [1.165, 1.54) is 19.4 Å². The molecular weight excluding hydrogens is 412 g/mol. The molecule has 7 heteroatoms. The van der Waals surface area contributed by atoms with Gasteiger partial charge >= 0.3 is 11.9 Å². The van der Waals surface area contributed by atoms with E-state index >= 15 is 0 Å². The Labute approximate surface area is 189 Å². The van der Waals surface area contributed by atoms with E-state index in [0.717, 1.165) is 25.7 Å². The van der Waals surface area contributed by atoms with E-state index in [1.807, 2.05) is 6.92 Å². The van der Waals surface area contributed by atoms with E-state index in [1.54, 1.807) is 6.08 Å². The Morgan fingerprint density at radius 2 is 1.88 bits per heavy atom. The Morgan fingerprint density at radius 1 is 1.16 bits per heavy atom. The summed E-state index contributed by atoms with van der Waals surface area (Å²) in [7, 11) is 0. The fourth-order valence-electron chi connectivity index (χ4n) is 7.92. The van der Waals surface area contributed by atoms with E-state index in [4.69, 9.17) is 9.47 Å². The number of ketones is 1. The number of carbonyl (C=O) groups is 3. The highest BCUT2D eigenvalue weighted by Gasteiger charge is 2.68. The molecular formula is C25H36O7.